The number of para-hydroxylation sites is 2. The molecule has 0 saturated carbocycles. The summed E-state index contributed by atoms with van der Waals surface area (Å²) in [5, 5.41) is 4.26. The fourth-order valence-corrected chi connectivity index (χ4v) is 3.85. The van der Waals surface area contributed by atoms with Crippen molar-refractivity contribution in [3.8, 4) is 5.75 Å². The van der Waals surface area contributed by atoms with Crippen molar-refractivity contribution in [3.05, 3.63) is 65.9 Å². The number of benzene rings is 2. The molecule has 1 amide bonds. The lowest BCUT2D eigenvalue weighted by Gasteiger charge is -2.32. The van der Waals surface area contributed by atoms with E-state index in [2.05, 4.69) is 41.9 Å². The van der Waals surface area contributed by atoms with Gasteiger partial charge in [0, 0.05) is 41.7 Å². The Morgan fingerprint density at radius 3 is 2.75 bits per heavy atom. The lowest BCUT2D eigenvalue weighted by atomic mass is 9.91. The van der Waals surface area contributed by atoms with Crippen molar-refractivity contribution in [1.82, 2.24) is 14.8 Å². The summed E-state index contributed by atoms with van der Waals surface area (Å²) in [6, 6.07) is 16.0. The highest BCUT2D eigenvalue weighted by atomic mass is 16.5. The van der Waals surface area contributed by atoms with Crippen LogP contribution >= 0.6 is 0 Å². The van der Waals surface area contributed by atoms with E-state index in [4.69, 9.17) is 4.74 Å². The molecular weight excluding hydrogens is 350 g/mol. The largest absolute Gasteiger partial charge is 0.493 e. The average Bonchev–Trinajstić information content (AvgIpc) is 3.07. The van der Waals surface area contributed by atoms with Gasteiger partial charge in [-0.2, -0.15) is 0 Å². The molecule has 0 fully saturated rings. The normalized spacial score (nSPS) is 18.7. The monoisotopic (exact) mass is 377 g/mol. The molecule has 3 aromatic rings. The molecule has 0 bridgehead atoms. The van der Waals surface area contributed by atoms with Gasteiger partial charge in [0.05, 0.1) is 18.2 Å². The molecular formula is C23H27N3O2. The van der Waals surface area contributed by atoms with Gasteiger partial charge >= 0.3 is 0 Å². The van der Waals surface area contributed by atoms with Crippen LogP contribution in [0.25, 0.3) is 10.9 Å². The summed E-state index contributed by atoms with van der Waals surface area (Å²) >= 11 is 0. The summed E-state index contributed by atoms with van der Waals surface area (Å²) in [6.07, 6.45) is 1.99. The van der Waals surface area contributed by atoms with Crippen molar-refractivity contribution in [1.29, 1.82) is 0 Å². The molecule has 1 aliphatic heterocycles. The topological polar surface area (TPSA) is 46.5 Å². The van der Waals surface area contributed by atoms with E-state index in [0.29, 0.717) is 6.61 Å². The minimum Gasteiger partial charge on any atom is -0.493 e. The van der Waals surface area contributed by atoms with Crippen molar-refractivity contribution in [2.45, 2.75) is 19.5 Å². The van der Waals surface area contributed by atoms with Crippen LogP contribution in [0, 0.1) is 5.92 Å². The van der Waals surface area contributed by atoms with E-state index in [-0.39, 0.29) is 17.9 Å². The molecule has 2 aromatic carbocycles. The zero-order valence-electron chi connectivity index (χ0n) is 16.7. The van der Waals surface area contributed by atoms with Gasteiger partial charge in [-0.25, -0.2) is 0 Å². The second kappa shape index (κ2) is 7.68. The molecule has 0 aliphatic carbocycles. The van der Waals surface area contributed by atoms with Crippen LogP contribution < -0.4 is 10.1 Å². The maximum absolute atomic E-state index is 13.3. The van der Waals surface area contributed by atoms with E-state index in [1.807, 2.05) is 48.7 Å². The van der Waals surface area contributed by atoms with Crippen molar-refractivity contribution in [2.24, 2.45) is 5.92 Å². The van der Waals surface area contributed by atoms with Gasteiger partial charge in [0.1, 0.15) is 5.75 Å². The molecule has 2 unspecified atom stereocenters. The number of aromatic nitrogens is 1. The van der Waals surface area contributed by atoms with Crippen LogP contribution in [-0.4, -0.2) is 42.6 Å². The standard InChI is InChI=1S/C23H27N3O2/c1-16-15-28-21-11-7-5-9-18(21)22(16)24-23(27)19-14-26(13-12-25(2)3)20-10-6-4-8-17(19)20/h4-11,14,16,22H,12-13,15H2,1-3H3,(H,24,27). The van der Waals surface area contributed by atoms with Gasteiger partial charge in [0.25, 0.3) is 5.91 Å². The van der Waals surface area contributed by atoms with E-state index in [1.54, 1.807) is 0 Å². The van der Waals surface area contributed by atoms with E-state index < -0.39 is 0 Å². The maximum Gasteiger partial charge on any atom is 0.253 e. The first-order valence-corrected chi connectivity index (χ1v) is 9.80. The minimum atomic E-state index is -0.0543. The minimum absolute atomic E-state index is 0.0339. The van der Waals surface area contributed by atoms with Gasteiger partial charge < -0.3 is 19.5 Å². The quantitative estimate of drug-likeness (QED) is 0.737. The summed E-state index contributed by atoms with van der Waals surface area (Å²) in [5.41, 5.74) is 2.87. The Morgan fingerprint density at radius 1 is 1.18 bits per heavy atom. The van der Waals surface area contributed by atoms with Crippen molar-refractivity contribution < 1.29 is 9.53 Å². The molecule has 0 spiro atoms. The Bertz CT molecular complexity index is 992. The van der Waals surface area contributed by atoms with E-state index in [1.165, 1.54) is 0 Å². The number of likely N-dealkylation sites (N-methyl/N-ethyl adjacent to an activating group) is 1. The third-order valence-electron chi connectivity index (χ3n) is 5.43. The van der Waals surface area contributed by atoms with Crippen molar-refractivity contribution >= 4 is 16.8 Å². The Morgan fingerprint density at radius 2 is 1.93 bits per heavy atom. The summed E-state index contributed by atoms with van der Waals surface area (Å²) in [7, 11) is 4.12. The lowest BCUT2D eigenvalue weighted by Crippen LogP contribution is -2.37. The molecule has 146 valence electrons. The molecule has 2 atom stereocenters. The number of fused-ring (bicyclic) bond motifs is 2. The van der Waals surface area contributed by atoms with Gasteiger partial charge in [-0.05, 0) is 26.2 Å². The highest BCUT2D eigenvalue weighted by Crippen LogP contribution is 2.35. The third kappa shape index (κ3) is 3.50. The number of nitrogens with one attached hydrogen (secondary N) is 1. The number of amides is 1. The number of hydrogen-bond donors (Lipinski definition) is 1. The molecule has 5 heteroatoms. The van der Waals surface area contributed by atoms with Crippen LogP contribution in [0.2, 0.25) is 0 Å². The smallest absolute Gasteiger partial charge is 0.253 e. The molecule has 2 heterocycles. The predicted octanol–water partition coefficient (Wildman–Crippen LogP) is 3.70. The lowest BCUT2D eigenvalue weighted by molar-refractivity contribution is 0.0899. The second-order valence-corrected chi connectivity index (χ2v) is 7.83. The van der Waals surface area contributed by atoms with Gasteiger partial charge in [-0.3, -0.25) is 4.79 Å². The first-order chi connectivity index (χ1) is 13.5. The molecule has 0 radical (unpaired) electrons. The van der Waals surface area contributed by atoms with Crippen LogP contribution in [0.15, 0.2) is 54.7 Å². The number of carbonyl (C=O) groups excluding carboxylic acids is 1. The van der Waals surface area contributed by atoms with Crippen LogP contribution in [-0.2, 0) is 6.54 Å². The maximum atomic E-state index is 13.3. The summed E-state index contributed by atoms with van der Waals surface area (Å²) in [6.45, 7) is 4.48. The van der Waals surface area contributed by atoms with Gasteiger partial charge in [-0.15, -0.1) is 0 Å². The molecule has 1 aliphatic rings. The molecule has 1 N–H and O–H groups in total. The zero-order chi connectivity index (χ0) is 19.7. The van der Waals surface area contributed by atoms with Gasteiger partial charge in [0.15, 0.2) is 0 Å². The third-order valence-corrected chi connectivity index (χ3v) is 5.43. The van der Waals surface area contributed by atoms with Crippen LogP contribution in [0.1, 0.15) is 28.9 Å². The molecule has 4 rings (SSSR count). The Kier molecular flexibility index (Phi) is 5.09. The summed E-state index contributed by atoms with van der Waals surface area (Å²) in [4.78, 5) is 15.4. The molecule has 0 saturated heterocycles. The number of ether oxygens (including phenoxy) is 1. The molecule has 28 heavy (non-hydrogen) atoms. The predicted molar refractivity (Wildman–Crippen MR) is 112 cm³/mol. The van der Waals surface area contributed by atoms with Crippen molar-refractivity contribution in [2.75, 3.05) is 27.2 Å². The number of rotatable bonds is 5. The van der Waals surface area contributed by atoms with E-state index in [9.17, 15) is 4.79 Å². The van der Waals surface area contributed by atoms with Crippen LogP contribution in [0.3, 0.4) is 0 Å². The Hall–Kier alpha value is -2.79. The number of nitrogens with zero attached hydrogens (tertiary/aromatic N) is 2. The van der Waals surface area contributed by atoms with E-state index in [0.717, 1.165) is 40.9 Å². The van der Waals surface area contributed by atoms with Gasteiger partial charge in [0.2, 0.25) is 0 Å². The summed E-state index contributed by atoms with van der Waals surface area (Å²) in [5.74, 6) is 1.04. The number of carbonyl (C=O) groups is 1. The highest BCUT2D eigenvalue weighted by molar-refractivity contribution is 6.07. The van der Waals surface area contributed by atoms with Crippen LogP contribution in [0.4, 0.5) is 0 Å². The first kappa shape index (κ1) is 18.6. The second-order valence-electron chi connectivity index (χ2n) is 7.83. The fourth-order valence-electron chi connectivity index (χ4n) is 3.85. The molecule has 5 nitrogen and oxygen atoms in total. The average molecular weight is 377 g/mol. The fraction of sp³-hybridized carbons (Fsp3) is 0.348. The van der Waals surface area contributed by atoms with Crippen LogP contribution in [0.5, 0.6) is 5.75 Å². The van der Waals surface area contributed by atoms with E-state index >= 15 is 0 Å². The molecule has 1 aromatic heterocycles. The SMILES string of the molecule is CC1COc2ccccc2C1NC(=O)c1cn(CCN(C)C)c2ccccc12. The van der Waals surface area contributed by atoms with Gasteiger partial charge in [-0.1, -0.05) is 43.3 Å². The first-order valence-electron chi connectivity index (χ1n) is 9.80. The van der Waals surface area contributed by atoms with Crippen molar-refractivity contribution in [3.63, 3.8) is 0 Å². The number of hydrogen-bond acceptors (Lipinski definition) is 3. The Balaban J connectivity index is 1.65. The summed E-state index contributed by atoms with van der Waals surface area (Å²) < 4.78 is 7.99. The Labute approximate surface area is 165 Å². The zero-order valence-corrected chi connectivity index (χ0v) is 16.7. The highest BCUT2D eigenvalue weighted by Gasteiger charge is 2.30.